The normalized spacial score (nSPS) is 11.7. The maximum atomic E-state index is 6.70. The van der Waals surface area contributed by atoms with E-state index in [9.17, 15) is 0 Å². The SMILES string of the molecule is c1ccc(-c2ccccc2N(c2ccccc2-c2cccc3oc4cc5ccccc5cc4c23)c2cccc3c2oc2ccccc23)cc1. The van der Waals surface area contributed by atoms with E-state index in [2.05, 4.69) is 169 Å². The summed E-state index contributed by atoms with van der Waals surface area (Å²) in [7, 11) is 0. The lowest BCUT2D eigenvalue weighted by Gasteiger charge is -2.30. The molecule has 0 saturated carbocycles. The Morgan fingerprint density at radius 1 is 0.347 bits per heavy atom. The van der Waals surface area contributed by atoms with Crippen LogP contribution >= 0.6 is 0 Å². The fourth-order valence-corrected chi connectivity index (χ4v) is 7.46. The van der Waals surface area contributed by atoms with Crippen molar-refractivity contribution in [3.63, 3.8) is 0 Å². The molecule has 0 unspecified atom stereocenters. The second kappa shape index (κ2) is 11.0. The van der Waals surface area contributed by atoms with Crippen molar-refractivity contribution in [3.8, 4) is 22.3 Å². The van der Waals surface area contributed by atoms with Gasteiger partial charge in [-0.2, -0.15) is 0 Å². The van der Waals surface area contributed by atoms with Gasteiger partial charge in [-0.25, -0.2) is 0 Å². The Morgan fingerprint density at radius 2 is 0.939 bits per heavy atom. The van der Waals surface area contributed by atoms with E-state index in [1.165, 1.54) is 10.8 Å². The summed E-state index contributed by atoms with van der Waals surface area (Å²) in [6.07, 6.45) is 0. The van der Waals surface area contributed by atoms with Gasteiger partial charge in [-0.05, 0) is 64.4 Å². The lowest BCUT2D eigenvalue weighted by atomic mass is 9.95. The molecule has 0 aliphatic carbocycles. The largest absolute Gasteiger partial charge is 0.456 e. The van der Waals surface area contributed by atoms with Crippen LogP contribution in [0.2, 0.25) is 0 Å². The summed E-state index contributed by atoms with van der Waals surface area (Å²) in [6.45, 7) is 0. The van der Waals surface area contributed by atoms with Crippen LogP contribution in [0.1, 0.15) is 0 Å². The highest BCUT2D eigenvalue weighted by molar-refractivity contribution is 6.17. The summed E-state index contributed by atoms with van der Waals surface area (Å²) in [6, 6.07) is 61.9. The van der Waals surface area contributed by atoms with Gasteiger partial charge < -0.3 is 13.7 Å². The molecule has 0 radical (unpaired) electrons. The molecule has 0 saturated heterocycles. The maximum absolute atomic E-state index is 6.70. The highest BCUT2D eigenvalue weighted by Gasteiger charge is 2.25. The summed E-state index contributed by atoms with van der Waals surface area (Å²) in [5.74, 6) is 0. The Bertz CT molecular complexity index is 2840. The van der Waals surface area contributed by atoms with Crippen molar-refractivity contribution in [3.05, 3.63) is 176 Å². The summed E-state index contributed by atoms with van der Waals surface area (Å²) in [4.78, 5) is 2.37. The van der Waals surface area contributed by atoms with Crippen LogP contribution in [0, 0.1) is 0 Å². The Balaban J connectivity index is 1.29. The third-order valence-electron chi connectivity index (χ3n) is 9.65. The first-order valence-corrected chi connectivity index (χ1v) is 16.6. The zero-order chi connectivity index (χ0) is 32.3. The fourth-order valence-electron chi connectivity index (χ4n) is 7.46. The third-order valence-corrected chi connectivity index (χ3v) is 9.65. The summed E-state index contributed by atoms with van der Waals surface area (Å²) in [5, 5.41) is 6.76. The van der Waals surface area contributed by atoms with Gasteiger partial charge in [0.25, 0.3) is 0 Å². The first-order valence-electron chi connectivity index (χ1n) is 16.6. The number of para-hydroxylation sites is 4. The molecule has 2 heterocycles. The molecule has 0 bridgehead atoms. The van der Waals surface area contributed by atoms with Gasteiger partial charge in [0, 0.05) is 32.7 Å². The van der Waals surface area contributed by atoms with Crippen LogP contribution in [0.4, 0.5) is 17.1 Å². The van der Waals surface area contributed by atoms with Gasteiger partial charge in [0.2, 0.25) is 0 Å². The van der Waals surface area contributed by atoms with E-state index in [0.29, 0.717) is 0 Å². The van der Waals surface area contributed by atoms with Crippen LogP contribution < -0.4 is 4.90 Å². The smallest absolute Gasteiger partial charge is 0.159 e. The number of hydrogen-bond donors (Lipinski definition) is 0. The number of benzene rings is 8. The van der Waals surface area contributed by atoms with Crippen molar-refractivity contribution >= 4 is 71.7 Å². The van der Waals surface area contributed by atoms with E-state index in [4.69, 9.17) is 8.83 Å². The molecule has 8 aromatic carbocycles. The molecule has 0 amide bonds. The predicted molar refractivity (Wildman–Crippen MR) is 204 cm³/mol. The van der Waals surface area contributed by atoms with Crippen LogP contribution in [0.3, 0.4) is 0 Å². The molecule has 0 fully saturated rings. The molecule has 0 aliphatic heterocycles. The van der Waals surface area contributed by atoms with Gasteiger partial charge in [-0.3, -0.25) is 0 Å². The van der Waals surface area contributed by atoms with Gasteiger partial charge in [0.15, 0.2) is 5.58 Å². The van der Waals surface area contributed by atoms with Crippen molar-refractivity contribution in [2.75, 3.05) is 4.90 Å². The van der Waals surface area contributed by atoms with Gasteiger partial charge in [-0.15, -0.1) is 0 Å². The molecule has 0 atom stereocenters. The Morgan fingerprint density at radius 3 is 1.80 bits per heavy atom. The summed E-state index contributed by atoms with van der Waals surface area (Å²) >= 11 is 0. The number of hydrogen-bond acceptors (Lipinski definition) is 3. The van der Waals surface area contributed by atoms with Crippen LogP contribution in [0.5, 0.6) is 0 Å². The van der Waals surface area contributed by atoms with Gasteiger partial charge >= 0.3 is 0 Å². The van der Waals surface area contributed by atoms with E-state index in [0.717, 1.165) is 83.2 Å². The Labute approximate surface area is 282 Å². The van der Waals surface area contributed by atoms with Gasteiger partial charge in [0.05, 0.1) is 17.1 Å². The second-order valence-electron chi connectivity index (χ2n) is 12.5. The third kappa shape index (κ3) is 4.37. The number of anilines is 3. The number of furan rings is 2. The zero-order valence-corrected chi connectivity index (χ0v) is 26.5. The van der Waals surface area contributed by atoms with Gasteiger partial charge in [-0.1, -0.05) is 133 Å². The molecule has 3 nitrogen and oxygen atoms in total. The molecule has 10 aromatic rings. The van der Waals surface area contributed by atoms with Crippen LogP contribution in [0.25, 0.3) is 76.9 Å². The fraction of sp³-hybridized carbons (Fsp3) is 0. The molecule has 3 heteroatoms. The predicted octanol–water partition coefficient (Wildman–Crippen LogP) is 13.4. The first kappa shape index (κ1) is 27.5. The molecule has 2 aromatic heterocycles. The average Bonchev–Trinajstić information content (AvgIpc) is 3.73. The van der Waals surface area contributed by atoms with Crippen molar-refractivity contribution in [1.29, 1.82) is 0 Å². The van der Waals surface area contributed by atoms with Gasteiger partial charge in [0.1, 0.15) is 16.7 Å². The molecule has 0 N–H and O–H groups in total. The molecular weight excluding hydrogens is 599 g/mol. The van der Waals surface area contributed by atoms with E-state index in [1.807, 2.05) is 12.1 Å². The summed E-state index contributed by atoms with van der Waals surface area (Å²) < 4.78 is 13.2. The highest BCUT2D eigenvalue weighted by Crippen LogP contribution is 2.49. The van der Waals surface area contributed by atoms with Crippen molar-refractivity contribution in [2.24, 2.45) is 0 Å². The zero-order valence-electron chi connectivity index (χ0n) is 26.5. The van der Waals surface area contributed by atoms with E-state index in [1.54, 1.807) is 0 Å². The molecule has 0 aliphatic rings. The summed E-state index contributed by atoms with van der Waals surface area (Å²) in [5.41, 5.74) is 11.0. The number of rotatable bonds is 5. The van der Waals surface area contributed by atoms with E-state index < -0.39 is 0 Å². The van der Waals surface area contributed by atoms with Crippen molar-refractivity contribution in [1.82, 2.24) is 0 Å². The molecule has 230 valence electrons. The minimum absolute atomic E-state index is 0.847. The van der Waals surface area contributed by atoms with Crippen molar-refractivity contribution in [2.45, 2.75) is 0 Å². The van der Waals surface area contributed by atoms with Crippen LogP contribution in [0.15, 0.2) is 185 Å². The Hall–Kier alpha value is -6.58. The first-order chi connectivity index (χ1) is 24.3. The molecular formula is C46H29NO2. The monoisotopic (exact) mass is 627 g/mol. The van der Waals surface area contributed by atoms with Crippen LogP contribution in [-0.4, -0.2) is 0 Å². The van der Waals surface area contributed by atoms with E-state index in [-0.39, 0.29) is 0 Å². The molecule has 49 heavy (non-hydrogen) atoms. The maximum Gasteiger partial charge on any atom is 0.159 e. The minimum Gasteiger partial charge on any atom is -0.456 e. The molecule has 0 spiro atoms. The quantitative estimate of drug-likeness (QED) is 0.190. The topological polar surface area (TPSA) is 29.5 Å². The van der Waals surface area contributed by atoms with E-state index >= 15 is 0 Å². The lowest BCUT2D eigenvalue weighted by Crippen LogP contribution is -2.12. The average molecular weight is 628 g/mol. The Kier molecular flexibility index (Phi) is 6.18. The second-order valence-corrected chi connectivity index (χ2v) is 12.5. The van der Waals surface area contributed by atoms with Crippen LogP contribution in [-0.2, 0) is 0 Å². The lowest BCUT2D eigenvalue weighted by molar-refractivity contribution is 0.669. The molecule has 10 rings (SSSR count). The number of fused-ring (bicyclic) bond motifs is 7. The standard InChI is InChI=1S/C46H29NO2/c1-2-14-30(15-3-1)33-18-6-9-23-39(33)47(41-25-12-22-37-35-20-8-11-26-42(35)49-46(37)41)40-24-10-7-19-34(40)36-21-13-27-43-45(36)38-28-31-16-4-5-17-32(31)29-44(38)48-43/h1-29H. The highest BCUT2D eigenvalue weighted by atomic mass is 16.3. The number of nitrogens with zero attached hydrogens (tertiary/aromatic N) is 1. The van der Waals surface area contributed by atoms with Crippen molar-refractivity contribution < 1.29 is 8.83 Å². The minimum atomic E-state index is 0.847.